The van der Waals surface area contributed by atoms with Gasteiger partial charge in [-0.2, -0.15) is 0 Å². The minimum absolute atomic E-state index is 0.0137. The first-order valence-electron chi connectivity index (χ1n) is 7.11. The number of rotatable bonds is 5. The molecule has 0 aromatic carbocycles. The van der Waals surface area contributed by atoms with Gasteiger partial charge in [-0.05, 0) is 31.3 Å². The highest BCUT2D eigenvalue weighted by Gasteiger charge is 2.25. The number of likely N-dealkylation sites (tertiary alicyclic amines) is 1. The van der Waals surface area contributed by atoms with Crippen molar-refractivity contribution in [3.05, 3.63) is 0 Å². The van der Waals surface area contributed by atoms with Crippen LogP contribution in [0.2, 0.25) is 0 Å². The SMILES string of the molecule is CCN1CCCC1CNC(=O)CC(N)C(C)(C)C. The highest BCUT2D eigenvalue weighted by molar-refractivity contribution is 5.76. The molecule has 0 spiro atoms. The average Bonchev–Trinajstić information content (AvgIpc) is 2.72. The molecule has 106 valence electrons. The molecule has 1 amide bonds. The number of amides is 1. The van der Waals surface area contributed by atoms with Crippen molar-refractivity contribution in [2.45, 2.75) is 59.0 Å². The standard InChI is InChI=1S/C14H29N3O/c1-5-17-8-6-7-11(17)10-16-13(18)9-12(15)14(2,3)4/h11-12H,5-10,15H2,1-4H3,(H,16,18). The second-order valence-corrected chi connectivity index (χ2v) is 6.41. The third kappa shape index (κ3) is 4.58. The van der Waals surface area contributed by atoms with Crippen molar-refractivity contribution in [3.63, 3.8) is 0 Å². The predicted molar refractivity (Wildman–Crippen MR) is 75.3 cm³/mol. The maximum atomic E-state index is 11.8. The van der Waals surface area contributed by atoms with Gasteiger partial charge in [0.2, 0.25) is 5.91 Å². The molecule has 0 aliphatic carbocycles. The van der Waals surface area contributed by atoms with Crippen LogP contribution >= 0.6 is 0 Å². The number of nitrogens with zero attached hydrogens (tertiary/aromatic N) is 1. The summed E-state index contributed by atoms with van der Waals surface area (Å²) in [5.74, 6) is 0.0837. The summed E-state index contributed by atoms with van der Waals surface area (Å²) in [5.41, 5.74) is 6.00. The molecule has 1 aliphatic heterocycles. The normalized spacial score (nSPS) is 23.1. The highest BCUT2D eigenvalue weighted by Crippen LogP contribution is 2.20. The van der Waals surface area contributed by atoms with Crippen LogP contribution in [0.4, 0.5) is 0 Å². The fraction of sp³-hybridized carbons (Fsp3) is 0.929. The molecule has 0 saturated carbocycles. The fourth-order valence-electron chi connectivity index (χ4n) is 2.35. The van der Waals surface area contributed by atoms with E-state index in [4.69, 9.17) is 5.73 Å². The molecule has 0 aromatic heterocycles. The Morgan fingerprint density at radius 2 is 2.17 bits per heavy atom. The van der Waals surface area contributed by atoms with E-state index in [1.54, 1.807) is 0 Å². The molecule has 1 rings (SSSR count). The lowest BCUT2D eigenvalue weighted by Crippen LogP contribution is -2.44. The summed E-state index contributed by atoms with van der Waals surface area (Å²) in [7, 11) is 0. The van der Waals surface area contributed by atoms with Crippen LogP contribution in [0, 0.1) is 5.41 Å². The summed E-state index contributed by atoms with van der Waals surface area (Å²) in [4.78, 5) is 14.3. The van der Waals surface area contributed by atoms with Crippen molar-refractivity contribution in [2.75, 3.05) is 19.6 Å². The van der Waals surface area contributed by atoms with Crippen molar-refractivity contribution in [1.82, 2.24) is 10.2 Å². The number of likely N-dealkylation sites (N-methyl/N-ethyl adjacent to an activating group) is 1. The molecule has 0 aromatic rings. The third-order valence-corrected chi connectivity index (χ3v) is 3.96. The van der Waals surface area contributed by atoms with Crippen LogP contribution in [0.15, 0.2) is 0 Å². The van der Waals surface area contributed by atoms with Gasteiger partial charge in [0, 0.05) is 25.0 Å². The van der Waals surface area contributed by atoms with Crippen LogP contribution in [0.25, 0.3) is 0 Å². The zero-order valence-corrected chi connectivity index (χ0v) is 12.3. The zero-order valence-electron chi connectivity index (χ0n) is 12.3. The predicted octanol–water partition coefficient (Wildman–Crippen LogP) is 1.35. The summed E-state index contributed by atoms with van der Waals surface area (Å²) in [6, 6.07) is 0.438. The van der Waals surface area contributed by atoms with E-state index >= 15 is 0 Å². The van der Waals surface area contributed by atoms with Gasteiger partial charge in [0.05, 0.1) is 0 Å². The molecule has 3 N–H and O–H groups in total. The van der Waals surface area contributed by atoms with E-state index < -0.39 is 0 Å². The monoisotopic (exact) mass is 255 g/mol. The van der Waals surface area contributed by atoms with Crippen LogP contribution < -0.4 is 11.1 Å². The van der Waals surface area contributed by atoms with E-state index in [2.05, 4.69) is 37.9 Å². The van der Waals surface area contributed by atoms with Gasteiger partial charge in [-0.25, -0.2) is 0 Å². The molecule has 1 heterocycles. The molecule has 1 fully saturated rings. The number of nitrogens with one attached hydrogen (secondary N) is 1. The quantitative estimate of drug-likeness (QED) is 0.779. The van der Waals surface area contributed by atoms with Gasteiger partial charge >= 0.3 is 0 Å². The molecular weight excluding hydrogens is 226 g/mol. The molecule has 1 saturated heterocycles. The first kappa shape index (κ1) is 15.4. The Morgan fingerprint density at radius 1 is 1.50 bits per heavy atom. The van der Waals surface area contributed by atoms with E-state index in [0.717, 1.165) is 13.1 Å². The third-order valence-electron chi connectivity index (χ3n) is 3.96. The topological polar surface area (TPSA) is 58.4 Å². The Labute approximate surface area is 111 Å². The Hall–Kier alpha value is -0.610. The van der Waals surface area contributed by atoms with E-state index in [1.807, 2.05) is 0 Å². The van der Waals surface area contributed by atoms with Gasteiger partial charge in [0.1, 0.15) is 0 Å². The van der Waals surface area contributed by atoms with E-state index in [0.29, 0.717) is 12.5 Å². The second-order valence-electron chi connectivity index (χ2n) is 6.41. The largest absolute Gasteiger partial charge is 0.354 e. The summed E-state index contributed by atoms with van der Waals surface area (Å²) in [6.45, 7) is 11.4. The number of carbonyl (C=O) groups excluding carboxylic acids is 1. The Bertz CT molecular complexity index is 273. The number of carbonyl (C=O) groups is 1. The minimum Gasteiger partial charge on any atom is -0.354 e. The number of hydrogen-bond acceptors (Lipinski definition) is 3. The smallest absolute Gasteiger partial charge is 0.221 e. The molecule has 0 bridgehead atoms. The Balaban J connectivity index is 2.29. The van der Waals surface area contributed by atoms with E-state index in [1.165, 1.54) is 19.4 Å². The van der Waals surface area contributed by atoms with Gasteiger partial charge in [-0.15, -0.1) is 0 Å². The van der Waals surface area contributed by atoms with Crippen molar-refractivity contribution in [1.29, 1.82) is 0 Å². The molecule has 4 heteroatoms. The van der Waals surface area contributed by atoms with Gasteiger partial charge in [0.15, 0.2) is 0 Å². The maximum Gasteiger partial charge on any atom is 0.221 e. The molecular formula is C14H29N3O. The number of nitrogens with two attached hydrogens (primary N) is 1. The lowest BCUT2D eigenvalue weighted by Gasteiger charge is -2.27. The van der Waals surface area contributed by atoms with Crippen LogP contribution in [-0.2, 0) is 4.79 Å². The lowest BCUT2D eigenvalue weighted by molar-refractivity contribution is -0.122. The maximum absolute atomic E-state index is 11.8. The van der Waals surface area contributed by atoms with Crippen LogP contribution in [0.1, 0.15) is 47.0 Å². The van der Waals surface area contributed by atoms with E-state index in [9.17, 15) is 4.79 Å². The summed E-state index contributed by atoms with van der Waals surface area (Å²) >= 11 is 0. The molecule has 2 atom stereocenters. The van der Waals surface area contributed by atoms with Gasteiger partial charge in [0.25, 0.3) is 0 Å². The first-order valence-corrected chi connectivity index (χ1v) is 7.11. The minimum atomic E-state index is -0.0802. The lowest BCUT2D eigenvalue weighted by atomic mass is 9.85. The summed E-state index contributed by atoms with van der Waals surface area (Å²) < 4.78 is 0. The van der Waals surface area contributed by atoms with Crippen LogP contribution in [0.5, 0.6) is 0 Å². The molecule has 0 radical (unpaired) electrons. The summed E-state index contributed by atoms with van der Waals surface area (Å²) in [5, 5.41) is 3.03. The van der Waals surface area contributed by atoms with Gasteiger partial charge in [-0.3, -0.25) is 9.69 Å². The van der Waals surface area contributed by atoms with Crippen molar-refractivity contribution >= 4 is 5.91 Å². The van der Waals surface area contributed by atoms with Crippen molar-refractivity contribution < 1.29 is 4.79 Å². The zero-order chi connectivity index (χ0) is 13.8. The first-order chi connectivity index (χ1) is 8.34. The van der Waals surface area contributed by atoms with Crippen molar-refractivity contribution in [3.8, 4) is 0 Å². The highest BCUT2D eigenvalue weighted by atomic mass is 16.1. The molecule has 18 heavy (non-hydrogen) atoms. The molecule has 1 aliphatic rings. The number of hydrogen-bond donors (Lipinski definition) is 2. The van der Waals surface area contributed by atoms with Gasteiger partial charge < -0.3 is 11.1 Å². The fourth-order valence-corrected chi connectivity index (χ4v) is 2.35. The van der Waals surface area contributed by atoms with Crippen LogP contribution in [0.3, 0.4) is 0 Å². The van der Waals surface area contributed by atoms with E-state index in [-0.39, 0.29) is 17.4 Å². The van der Waals surface area contributed by atoms with Crippen LogP contribution in [-0.4, -0.2) is 42.5 Å². The summed E-state index contributed by atoms with van der Waals surface area (Å²) in [6.07, 6.45) is 2.86. The Kier molecular flexibility index (Phi) is 5.60. The average molecular weight is 255 g/mol. The Morgan fingerprint density at radius 3 is 2.72 bits per heavy atom. The van der Waals surface area contributed by atoms with Gasteiger partial charge in [-0.1, -0.05) is 27.7 Å². The van der Waals surface area contributed by atoms with Crippen molar-refractivity contribution in [2.24, 2.45) is 11.1 Å². The second kappa shape index (κ2) is 6.53. The molecule has 2 unspecified atom stereocenters. The molecule has 4 nitrogen and oxygen atoms in total.